The van der Waals surface area contributed by atoms with Gasteiger partial charge in [-0.15, -0.1) is 0 Å². The zero-order valence-electron chi connectivity index (χ0n) is 15.5. The molecule has 2 aromatic carbocycles. The molecular weight excluding hydrogens is 388 g/mol. The molecule has 2 rings (SSSR count). The summed E-state index contributed by atoms with van der Waals surface area (Å²) in [5.74, 6) is 0.385. The summed E-state index contributed by atoms with van der Waals surface area (Å²) in [4.78, 5) is 12.5. The third kappa shape index (κ3) is 5.87. The normalized spacial score (nSPS) is 12.3. The van der Waals surface area contributed by atoms with Crippen LogP contribution in [0, 0.1) is 0 Å². The molecule has 146 valence electrons. The van der Waals surface area contributed by atoms with Crippen LogP contribution in [0.4, 0.5) is 5.69 Å². The summed E-state index contributed by atoms with van der Waals surface area (Å²) in [7, 11) is -2.06. The number of amides is 1. The van der Waals surface area contributed by atoms with E-state index in [1.54, 1.807) is 32.2 Å². The van der Waals surface area contributed by atoms with Gasteiger partial charge in [0.1, 0.15) is 11.8 Å². The average molecular weight is 411 g/mol. The highest BCUT2D eigenvalue weighted by Crippen LogP contribution is 2.24. The average Bonchev–Trinajstić information content (AvgIpc) is 2.61. The van der Waals surface area contributed by atoms with Crippen molar-refractivity contribution in [3.05, 3.63) is 59.1 Å². The van der Waals surface area contributed by atoms with Crippen LogP contribution in [0.2, 0.25) is 5.02 Å². The summed E-state index contributed by atoms with van der Waals surface area (Å²) in [5.41, 5.74) is 1.39. The van der Waals surface area contributed by atoms with Crippen LogP contribution >= 0.6 is 11.6 Å². The molecule has 0 radical (unpaired) electrons. The number of anilines is 1. The molecule has 0 aliphatic rings. The van der Waals surface area contributed by atoms with Crippen LogP contribution in [0.1, 0.15) is 12.5 Å². The van der Waals surface area contributed by atoms with Gasteiger partial charge in [0.2, 0.25) is 15.9 Å². The van der Waals surface area contributed by atoms with Gasteiger partial charge in [-0.25, -0.2) is 8.42 Å². The van der Waals surface area contributed by atoms with Crippen molar-refractivity contribution in [3.63, 3.8) is 0 Å². The molecule has 0 saturated heterocycles. The van der Waals surface area contributed by atoms with Crippen molar-refractivity contribution < 1.29 is 17.9 Å². The van der Waals surface area contributed by atoms with Gasteiger partial charge in [0.25, 0.3) is 0 Å². The number of rotatable bonds is 8. The van der Waals surface area contributed by atoms with Crippen molar-refractivity contribution in [1.82, 2.24) is 5.32 Å². The van der Waals surface area contributed by atoms with Crippen LogP contribution in [0.5, 0.6) is 5.75 Å². The summed E-state index contributed by atoms with van der Waals surface area (Å²) >= 11 is 5.97. The third-order valence-corrected chi connectivity index (χ3v) is 5.50. The number of hydrogen-bond donors (Lipinski definition) is 1. The standard InChI is InChI=1S/C19H23ClN2O4S/c1-14(22(27(3,24)25)17-6-4-5-16(20)13-17)19(23)21-12-11-15-7-9-18(26-2)10-8-15/h4-10,13-14H,11-12H2,1-3H3,(H,21,23). The predicted octanol–water partition coefficient (Wildman–Crippen LogP) is 2.86. The maximum Gasteiger partial charge on any atom is 0.243 e. The molecule has 0 bridgehead atoms. The van der Waals surface area contributed by atoms with Gasteiger partial charge in [0, 0.05) is 11.6 Å². The van der Waals surface area contributed by atoms with Crippen LogP contribution < -0.4 is 14.4 Å². The Labute approximate surface area is 165 Å². The zero-order valence-corrected chi connectivity index (χ0v) is 17.0. The number of benzene rings is 2. The van der Waals surface area contributed by atoms with Crippen LogP contribution in [-0.4, -0.2) is 40.3 Å². The lowest BCUT2D eigenvalue weighted by atomic mass is 10.1. The molecule has 1 unspecified atom stereocenters. The topological polar surface area (TPSA) is 75.7 Å². The SMILES string of the molecule is COc1ccc(CCNC(=O)C(C)N(c2cccc(Cl)c2)S(C)(=O)=O)cc1. The van der Waals surface area contributed by atoms with Gasteiger partial charge < -0.3 is 10.1 Å². The Hall–Kier alpha value is -2.25. The largest absolute Gasteiger partial charge is 0.497 e. The number of carbonyl (C=O) groups excluding carboxylic acids is 1. The summed E-state index contributed by atoms with van der Waals surface area (Å²) in [6, 6.07) is 13.0. The minimum absolute atomic E-state index is 0.350. The lowest BCUT2D eigenvalue weighted by Crippen LogP contribution is -2.48. The molecule has 8 heteroatoms. The predicted molar refractivity (Wildman–Crippen MR) is 108 cm³/mol. The number of nitrogens with zero attached hydrogens (tertiary/aromatic N) is 1. The van der Waals surface area contributed by atoms with E-state index in [1.165, 1.54) is 6.07 Å². The Kier molecular flexibility index (Phi) is 7.10. The van der Waals surface area contributed by atoms with Gasteiger partial charge in [0.15, 0.2) is 0 Å². The second-order valence-corrected chi connectivity index (χ2v) is 8.40. The number of nitrogens with one attached hydrogen (secondary N) is 1. The Morgan fingerprint density at radius 2 is 1.89 bits per heavy atom. The van der Waals surface area contributed by atoms with Crippen molar-refractivity contribution in [3.8, 4) is 5.75 Å². The fraction of sp³-hybridized carbons (Fsp3) is 0.316. The highest BCUT2D eigenvalue weighted by Gasteiger charge is 2.29. The van der Waals surface area contributed by atoms with Gasteiger partial charge in [-0.05, 0) is 49.2 Å². The minimum Gasteiger partial charge on any atom is -0.497 e. The van der Waals surface area contributed by atoms with E-state index in [4.69, 9.17) is 16.3 Å². The molecule has 27 heavy (non-hydrogen) atoms. The summed E-state index contributed by atoms with van der Waals surface area (Å²) in [5, 5.41) is 3.18. The van der Waals surface area contributed by atoms with E-state index in [1.807, 2.05) is 24.3 Å². The molecular formula is C19H23ClN2O4S. The van der Waals surface area contributed by atoms with Crippen molar-refractivity contribution >= 4 is 33.2 Å². The zero-order chi connectivity index (χ0) is 20.0. The van der Waals surface area contributed by atoms with E-state index < -0.39 is 16.1 Å². The van der Waals surface area contributed by atoms with E-state index in [2.05, 4.69) is 5.32 Å². The maximum absolute atomic E-state index is 12.5. The molecule has 1 N–H and O–H groups in total. The number of halogens is 1. The van der Waals surface area contributed by atoms with Gasteiger partial charge >= 0.3 is 0 Å². The molecule has 0 saturated carbocycles. The Bertz CT molecular complexity index is 885. The molecule has 1 amide bonds. The molecule has 0 spiro atoms. The summed E-state index contributed by atoms with van der Waals surface area (Å²) in [6.07, 6.45) is 1.69. The lowest BCUT2D eigenvalue weighted by Gasteiger charge is -2.28. The van der Waals surface area contributed by atoms with Crippen molar-refractivity contribution in [2.45, 2.75) is 19.4 Å². The number of hydrogen-bond acceptors (Lipinski definition) is 4. The first-order chi connectivity index (χ1) is 12.7. The Balaban J connectivity index is 2.04. The van der Waals surface area contributed by atoms with Crippen LogP contribution in [0.25, 0.3) is 0 Å². The molecule has 0 fully saturated rings. The Morgan fingerprint density at radius 1 is 1.22 bits per heavy atom. The first-order valence-electron chi connectivity index (χ1n) is 8.38. The maximum atomic E-state index is 12.5. The molecule has 0 aliphatic heterocycles. The van der Waals surface area contributed by atoms with Gasteiger partial charge in [0.05, 0.1) is 19.1 Å². The van der Waals surface area contributed by atoms with Gasteiger partial charge in [-0.2, -0.15) is 0 Å². The number of ether oxygens (including phenoxy) is 1. The van der Waals surface area contributed by atoms with Crippen molar-refractivity contribution in [2.75, 3.05) is 24.2 Å². The highest BCUT2D eigenvalue weighted by molar-refractivity contribution is 7.92. The smallest absolute Gasteiger partial charge is 0.243 e. The van der Waals surface area contributed by atoms with E-state index in [0.717, 1.165) is 21.9 Å². The van der Waals surface area contributed by atoms with Gasteiger partial charge in [-0.1, -0.05) is 29.8 Å². The van der Waals surface area contributed by atoms with Gasteiger partial charge in [-0.3, -0.25) is 9.10 Å². The van der Waals surface area contributed by atoms with Crippen LogP contribution in [0.3, 0.4) is 0 Å². The fourth-order valence-corrected chi connectivity index (χ4v) is 4.04. The summed E-state index contributed by atoms with van der Waals surface area (Å²) < 4.78 is 30.7. The first kappa shape index (κ1) is 21.1. The number of sulfonamides is 1. The molecule has 1 atom stereocenters. The highest BCUT2D eigenvalue weighted by atomic mass is 35.5. The van der Waals surface area contributed by atoms with Crippen molar-refractivity contribution in [2.24, 2.45) is 0 Å². The van der Waals surface area contributed by atoms with Crippen LogP contribution in [-0.2, 0) is 21.2 Å². The van der Waals surface area contributed by atoms with Crippen molar-refractivity contribution in [1.29, 1.82) is 0 Å². The van der Waals surface area contributed by atoms with E-state index in [9.17, 15) is 13.2 Å². The molecule has 2 aromatic rings. The van der Waals surface area contributed by atoms with E-state index >= 15 is 0 Å². The molecule has 0 aromatic heterocycles. The third-order valence-electron chi connectivity index (χ3n) is 4.02. The second kappa shape index (κ2) is 9.10. The first-order valence-corrected chi connectivity index (χ1v) is 10.6. The second-order valence-electron chi connectivity index (χ2n) is 6.10. The molecule has 0 aliphatic carbocycles. The monoisotopic (exact) mass is 410 g/mol. The number of carbonyl (C=O) groups is 1. The fourth-order valence-electron chi connectivity index (χ4n) is 2.69. The lowest BCUT2D eigenvalue weighted by molar-refractivity contribution is -0.121. The van der Waals surface area contributed by atoms with E-state index in [-0.39, 0.29) is 5.91 Å². The molecule has 0 heterocycles. The minimum atomic E-state index is -3.66. The molecule has 6 nitrogen and oxygen atoms in total. The summed E-state index contributed by atoms with van der Waals surface area (Å²) in [6.45, 7) is 1.94. The number of methoxy groups -OCH3 is 1. The Morgan fingerprint density at radius 3 is 2.44 bits per heavy atom. The van der Waals surface area contributed by atoms with E-state index in [0.29, 0.717) is 23.7 Å². The van der Waals surface area contributed by atoms with Crippen LogP contribution in [0.15, 0.2) is 48.5 Å². The quantitative estimate of drug-likeness (QED) is 0.726.